The largest absolute Gasteiger partial charge is 0.0629 e. The third-order valence-corrected chi connectivity index (χ3v) is 9.65. The molecule has 0 N–H and O–H groups in total. The molecule has 0 aliphatic heterocycles. The van der Waals surface area contributed by atoms with Gasteiger partial charge in [0.05, 0.1) is 11.0 Å². The Bertz CT molecular complexity index is 3260. The second kappa shape index (κ2) is 10.7. The van der Waals surface area contributed by atoms with Gasteiger partial charge in [0, 0.05) is 0 Å². The summed E-state index contributed by atoms with van der Waals surface area (Å²) in [5, 5.41) is 8.32. The highest BCUT2D eigenvalue weighted by Crippen LogP contribution is 2.48. The van der Waals surface area contributed by atoms with Gasteiger partial charge >= 0.3 is 0 Å². The second-order valence-electron chi connectivity index (χ2n) is 12.2. The van der Waals surface area contributed by atoms with E-state index >= 15 is 0 Å². The molecular weight excluding hydrogens is 577 g/mol. The summed E-state index contributed by atoms with van der Waals surface area (Å²) >= 11 is 0. The molecule has 0 saturated carbocycles. The summed E-state index contributed by atoms with van der Waals surface area (Å²) < 4.78 is 74.2. The van der Waals surface area contributed by atoms with Crippen molar-refractivity contribution >= 4 is 64.6 Å². The maximum Gasteiger partial charge on any atom is 0.0629 e. The summed E-state index contributed by atoms with van der Waals surface area (Å²) in [6, 6.07) is 41.1. The van der Waals surface area contributed by atoms with Crippen molar-refractivity contribution < 1.29 is 11.0 Å². The number of benzene rings is 10. The Labute approximate surface area is 290 Å². The molecule has 10 rings (SSSR count). The van der Waals surface area contributed by atoms with Crippen LogP contribution >= 0.6 is 0 Å². The summed E-state index contributed by atoms with van der Waals surface area (Å²) in [7, 11) is 0. The Morgan fingerprint density at radius 3 is 1.54 bits per heavy atom. The molecule has 0 atom stereocenters. The average molecular weight is 615 g/mol. The highest BCUT2D eigenvalue weighted by molar-refractivity contribution is 6.29. The first-order chi connectivity index (χ1) is 27.2. The zero-order valence-electron chi connectivity index (χ0n) is 33.7. The van der Waals surface area contributed by atoms with Gasteiger partial charge in [0.2, 0.25) is 0 Å². The van der Waals surface area contributed by atoms with Crippen LogP contribution in [0.15, 0.2) is 182 Å². The van der Waals surface area contributed by atoms with E-state index < -0.39 is 24.2 Å². The molecule has 0 saturated heterocycles. The molecule has 0 heteroatoms. The molecule has 0 unspecified atom stereocenters. The highest BCUT2D eigenvalue weighted by atomic mass is 14.2. The van der Waals surface area contributed by atoms with Crippen LogP contribution in [0.4, 0.5) is 0 Å². The van der Waals surface area contributed by atoms with E-state index in [0.29, 0.717) is 22.3 Å². The lowest BCUT2D eigenvalue weighted by molar-refractivity contribution is 1.63. The molecule has 0 spiro atoms. The van der Waals surface area contributed by atoms with Crippen molar-refractivity contribution in [2.45, 2.75) is 0 Å². The van der Waals surface area contributed by atoms with E-state index in [0.717, 1.165) is 54.2 Å². The first-order valence-electron chi connectivity index (χ1n) is 20.0. The SMILES string of the molecule is [2H]c1c([2H])c([2H])c2c(-c3c4ccccc4cc4c3ccc3ccccc34)c3c([2H])c([2H])c([2H])c([2H])c3c(-c3cccc(-c4cccc5ccccc45)c3)c2c1[2H]. The summed E-state index contributed by atoms with van der Waals surface area (Å²) in [4.78, 5) is 0. The van der Waals surface area contributed by atoms with E-state index in [1.54, 1.807) is 0 Å². The molecule has 0 radical (unpaired) electrons. The van der Waals surface area contributed by atoms with Gasteiger partial charge in [-0.1, -0.05) is 170 Å². The number of hydrogen-bond donors (Lipinski definition) is 0. The Kier molecular flexibility index (Phi) is 4.46. The van der Waals surface area contributed by atoms with Crippen molar-refractivity contribution in [2.75, 3.05) is 0 Å². The summed E-state index contributed by atoms with van der Waals surface area (Å²) in [6.07, 6.45) is 0. The average Bonchev–Trinajstić information content (AvgIpc) is 3.24. The van der Waals surface area contributed by atoms with E-state index in [-0.39, 0.29) is 45.7 Å². The first-order valence-corrected chi connectivity index (χ1v) is 16.0. The van der Waals surface area contributed by atoms with E-state index in [9.17, 15) is 5.48 Å². The normalized spacial score (nSPS) is 14.1. The van der Waals surface area contributed by atoms with Crippen LogP contribution in [0.1, 0.15) is 11.0 Å². The fourth-order valence-electron chi connectivity index (χ4n) is 7.57. The molecule has 0 aliphatic rings. The van der Waals surface area contributed by atoms with Crippen LogP contribution in [0.2, 0.25) is 0 Å². The molecular formula is C48H30. The smallest absolute Gasteiger partial charge is 0.0616 e. The van der Waals surface area contributed by atoms with Crippen LogP contribution in [-0.2, 0) is 0 Å². The summed E-state index contributed by atoms with van der Waals surface area (Å²) in [5.74, 6) is 0. The second-order valence-corrected chi connectivity index (χ2v) is 12.2. The lowest BCUT2D eigenvalue weighted by Crippen LogP contribution is -1.93. The van der Waals surface area contributed by atoms with Crippen LogP contribution in [0.3, 0.4) is 0 Å². The Balaban J connectivity index is 1.47. The van der Waals surface area contributed by atoms with Crippen LogP contribution in [-0.4, -0.2) is 0 Å². The molecule has 0 bridgehead atoms. The summed E-state index contributed by atoms with van der Waals surface area (Å²) in [5.41, 5.74) is 3.72. The van der Waals surface area contributed by atoms with Gasteiger partial charge in [0.1, 0.15) is 0 Å². The van der Waals surface area contributed by atoms with Crippen LogP contribution < -0.4 is 0 Å². The molecule has 10 aromatic carbocycles. The number of fused-ring (bicyclic) bond motifs is 7. The molecule has 0 aromatic heterocycles. The predicted octanol–water partition coefficient (Wildman–Crippen LogP) is 13.6. The van der Waals surface area contributed by atoms with Crippen LogP contribution in [0, 0.1) is 0 Å². The minimum Gasteiger partial charge on any atom is -0.0616 e. The van der Waals surface area contributed by atoms with Gasteiger partial charge in [-0.25, -0.2) is 0 Å². The monoisotopic (exact) mass is 614 g/mol. The molecule has 0 nitrogen and oxygen atoms in total. The maximum absolute atomic E-state index is 9.60. The highest BCUT2D eigenvalue weighted by Gasteiger charge is 2.21. The quantitative estimate of drug-likeness (QED) is 0.137. The lowest BCUT2D eigenvalue weighted by atomic mass is 9.82. The van der Waals surface area contributed by atoms with Gasteiger partial charge in [0.15, 0.2) is 0 Å². The first kappa shape index (κ1) is 20.1. The van der Waals surface area contributed by atoms with Gasteiger partial charge in [0.25, 0.3) is 0 Å². The third kappa shape index (κ3) is 4.03. The Morgan fingerprint density at radius 2 is 0.812 bits per heavy atom. The van der Waals surface area contributed by atoms with Crippen molar-refractivity contribution in [1.29, 1.82) is 0 Å². The topological polar surface area (TPSA) is 0 Å². The van der Waals surface area contributed by atoms with Crippen molar-refractivity contribution in [3.63, 3.8) is 0 Å². The molecule has 10 aromatic rings. The van der Waals surface area contributed by atoms with E-state index in [4.69, 9.17) is 5.48 Å². The van der Waals surface area contributed by atoms with Gasteiger partial charge in [-0.15, -0.1) is 0 Å². The van der Waals surface area contributed by atoms with Gasteiger partial charge < -0.3 is 0 Å². The third-order valence-electron chi connectivity index (χ3n) is 9.65. The van der Waals surface area contributed by atoms with Crippen molar-refractivity contribution in [2.24, 2.45) is 0 Å². The molecule has 48 heavy (non-hydrogen) atoms. The Hall–Kier alpha value is -6.24. The number of hydrogen-bond acceptors (Lipinski definition) is 0. The zero-order valence-corrected chi connectivity index (χ0v) is 25.7. The van der Waals surface area contributed by atoms with Crippen molar-refractivity contribution in [3.05, 3.63) is 182 Å². The van der Waals surface area contributed by atoms with Crippen molar-refractivity contribution in [1.82, 2.24) is 0 Å². The van der Waals surface area contributed by atoms with Crippen LogP contribution in [0.25, 0.3) is 98.0 Å². The zero-order chi connectivity index (χ0) is 38.6. The minimum absolute atomic E-state index is 0.195. The standard InChI is InChI=1S/C48H30/c1-4-19-36-31(13-1)16-12-26-38(36)33-17-11-18-35(29-33)46-40-22-7-9-24-42(40)48(43-25-10-8-23-41(43)46)47-39-21-6-3-15-34(39)30-45-37-20-5-2-14-32(37)27-28-44(45)47/h1-30H/i7D,8D,9D,10D,22D,23D,24D,25D. The Morgan fingerprint density at radius 1 is 0.292 bits per heavy atom. The fraction of sp³-hybridized carbons (Fsp3) is 0. The lowest BCUT2D eigenvalue weighted by Gasteiger charge is -2.21. The van der Waals surface area contributed by atoms with Gasteiger partial charge in [-0.05, 0) is 110 Å². The van der Waals surface area contributed by atoms with Gasteiger partial charge in [-0.3, -0.25) is 0 Å². The molecule has 222 valence electrons. The van der Waals surface area contributed by atoms with E-state index in [1.165, 1.54) is 0 Å². The summed E-state index contributed by atoms with van der Waals surface area (Å²) in [6.45, 7) is 0. The molecule has 0 aliphatic carbocycles. The predicted molar refractivity (Wildman–Crippen MR) is 208 cm³/mol. The van der Waals surface area contributed by atoms with Crippen molar-refractivity contribution in [3.8, 4) is 33.4 Å². The fourth-order valence-corrected chi connectivity index (χ4v) is 7.57. The van der Waals surface area contributed by atoms with Crippen LogP contribution in [0.5, 0.6) is 0 Å². The maximum atomic E-state index is 9.60. The molecule has 0 heterocycles. The van der Waals surface area contributed by atoms with E-state index in [2.05, 4.69) is 30.3 Å². The van der Waals surface area contributed by atoms with Gasteiger partial charge in [-0.2, -0.15) is 0 Å². The van der Waals surface area contributed by atoms with E-state index in [1.807, 2.05) is 103 Å². The molecule has 0 fully saturated rings. The minimum atomic E-state index is -0.422. The molecule has 0 amide bonds. The number of rotatable bonds is 3.